The molecule has 0 aromatic heterocycles. The molecule has 1 nitrogen and oxygen atoms in total. The number of fused-ring (bicyclic) bond motifs is 1. The van der Waals surface area contributed by atoms with Gasteiger partial charge in [0.2, 0.25) is 0 Å². The Bertz CT molecular complexity index is 379. The number of benzene rings is 1. The van der Waals surface area contributed by atoms with E-state index in [1.54, 1.807) is 6.07 Å². The normalized spacial score (nSPS) is 25.4. The first-order chi connectivity index (χ1) is 6.89. The van der Waals surface area contributed by atoms with Gasteiger partial charge in [0.1, 0.15) is 5.82 Å². The minimum absolute atomic E-state index is 0.0000694. The van der Waals surface area contributed by atoms with Crippen LogP contribution in [-0.4, -0.2) is 0 Å². The van der Waals surface area contributed by atoms with Gasteiger partial charge in [-0.25, -0.2) is 4.39 Å². The second-order valence-corrected chi connectivity index (χ2v) is 5.30. The highest BCUT2D eigenvalue weighted by molar-refractivity contribution is 5.35. The van der Waals surface area contributed by atoms with Gasteiger partial charge in [-0.3, -0.25) is 0 Å². The number of ether oxygens (including phenoxy) is 1. The largest absolute Gasteiger partial charge is 0.365 e. The zero-order chi connectivity index (χ0) is 11.2. The fraction of sp³-hybridized carbons (Fsp3) is 0.538. The van der Waals surface area contributed by atoms with Crippen molar-refractivity contribution in [3.8, 4) is 0 Å². The topological polar surface area (TPSA) is 9.23 Å². The zero-order valence-corrected chi connectivity index (χ0v) is 9.67. The smallest absolute Gasteiger partial charge is 0.123 e. The van der Waals surface area contributed by atoms with Gasteiger partial charge in [0.05, 0.1) is 12.2 Å². The lowest BCUT2D eigenvalue weighted by molar-refractivity contribution is -0.0395. The van der Waals surface area contributed by atoms with Crippen LogP contribution in [0.15, 0.2) is 18.2 Å². The minimum Gasteiger partial charge on any atom is -0.365 e. The Morgan fingerprint density at radius 3 is 2.47 bits per heavy atom. The van der Waals surface area contributed by atoms with E-state index in [1.165, 1.54) is 6.07 Å². The standard InChI is InChI=1S/C13H17FO/c1-8-11-7-9(14)5-6-10(11)12(15-8)13(2,3)4/h5-8,12H,1-4H3. The Kier molecular flexibility index (Phi) is 2.34. The first-order valence-electron chi connectivity index (χ1n) is 5.34. The molecule has 2 heteroatoms. The summed E-state index contributed by atoms with van der Waals surface area (Å²) in [7, 11) is 0. The first-order valence-corrected chi connectivity index (χ1v) is 5.34. The average molecular weight is 208 g/mol. The molecule has 0 bridgehead atoms. The molecule has 0 saturated heterocycles. The molecule has 2 unspecified atom stereocenters. The Labute approximate surface area is 90.3 Å². The van der Waals surface area contributed by atoms with Gasteiger partial charge in [0.25, 0.3) is 0 Å². The molecular weight excluding hydrogens is 191 g/mol. The molecule has 0 amide bonds. The Hall–Kier alpha value is -0.890. The Morgan fingerprint density at radius 2 is 1.87 bits per heavy atom. The molecule has 0 spiro atoms. The predicted molar refractivity (Wildman–Crippen MR) is 58.1 cm³/mol. The van der Waals surface area contributed by atoms with Crippen LogP contribution < -0.4 is 0 Å². The van der Waals surface area contributed by atoms with Crippen molar-refractivity contribution >= 4 is 0 Å². The summed E-state index contributed by atoms with van der Waals surface area (Å²) >= 11 is 0. The fourth-order valence-corrected chi connectivity index (χ4v) is 2.16. The van der Waals surface area contributed by atoms with Crippen molar-refractivity contribution in [1.29, 1.82) is 0 Å². The van der Waals surface area contributed by atoms with Crippen LogP contribution in [-0.2, 0) is 4.74 Å². The SMILES string of the molecule is CC1OC(C(C)(C)C)c2ccc(F)cc21. The van der Waals surface area contributed by atoms with Crippen LogP contribution in [0.1, 0.15) is 51.0 Å². The van der Waals surface area contributed by atoms with Gasteiger partial charge in [0, 0.05) is 0 Å². The van der Waals surface area contributed by atoms with Crippen molar-refractivity contribution < 1.29 is 9.13 Å². The maximum Gasteiger partial charge on any atom is 0.123 e. The number of rotatable bonds is 0. The van der Waals surface area contributed by atoms with Gasteiger partial charge in [-0.2, -0.15) is 0 Å². The van der Waals surface area contributed by atoms with Crippen LogP contribution in [0.2, 0.25) is 0 Å². The molecule has 2 rings (SSSR count). The van der Waals surface area contributed by atoms with Gasteiger partial charge in [-0.15, -0.1) is 0 Å². The van der Waals surface area contributed by atoms with Crippen molar-refractivity contribution in [3.63, 3.8) is 0 Å². The highest BCUT2D eigenvalue weighted by Crippen LogP contribution is 2.47. The molecule has 1 aromatic rings. The van der Waals surface area contributed by atoms with Gasteiger partial charge < -0.3 is 4.74 Å². The average Bonchev–Trinajstić information content (AvgIpc) is 2.43. The number of halogens is 1. The quantitative estimate of drug-likeness (QED) is 0.626. The molecular formula is C13H17FO. The van der Waals surface area contributed by atoms with E-state index in [4.69, 9.17) is 4.74 Å². The summed E-state index contributed by atoms with van der Waals surface area (Å²) in [6.07, 6.45) is 0.0722. The van der Waals surface area contributed by atoms with Gasteiger partial charge in [-0.05, 0) is 35.6 Å². The van der Waals surface area contributed by atoms with Crippen LogP contribution in [0, 0.1) is 11.2 Å². The molecule has 1 aliphatic heterocycles. The molecule has 1 heterocycles. The molecule has 82 valence electrons. The van der Waals surface area contributed by atoms with Crippen LogP contribution >= 0.6 is 0 Å². The molecule has 2 atom stereocenters. The molecule has 1 aromatic carbocycles. The summed E-state index contributed by atoms with van der Waals surface area (Å²) in [6.45, 7) is 8.40. The van der Waals surface area contributed by atoms with Crippen molar-refractivity contribution in [2.24, 2.45) is 5.41 Å². The third kappa shape index (κ3) is 1.78. The summed E-state index contributed by atoms with van der Waals surface area (Å²) in [4.78, 5) is 0. The van der Waals surface area contributed by atoms with E-state index in [2.05, 4.69) is 20.8 Å². The van der Waals surface area contributed by atoms with E-state index in [0.717, 1.165) is 11.1 Å². The van der Waals surface area contributed by atoms with Crippen molar-refractivity contribution in [2.45, 2.75) is 39.9 Å². The summed E-state index contributed by atoms with van der Waals surface area (Å²) in [5.74, 6) is -0.182. The molecule has 0 aliphatic carbocycles. The Balaban J connectivity index is 2.47. The lowest BCUT2D eigenvalue weighted by atomic mass is 9.84. The van der Waals surface area contributed by atoms with E-state index in [1.807, 2.05) is 13.0 Å². The van der Waals surface area contributed by atoms with Crippen LogP contribution in [0.4, 0.5) is 4.39 Å². The van der Waals surface area contributed by atoms with Gasteiger partial charge >= 0.3 is 0 Å². The second kappa shape index (κ2) is 3.31. The van der Waals surface area contributed by atoms with Crippen molar-refractivity contribution in [1.82, 2.24) is 0 Å². The molecule has 1 aliphatic rings. The van der Waals surface area contributed by atoms with Gasteiger partial charge in [-0.1, -0.05) is 26.8 Å². The van der Waals surface area contributed by atoms with Crippen LogP contribution in [0.3, 0.4) is 0 Å². The van der Waals surface area contributed by atoms with E-state index < -0.39 is 0 Å². The number of hydrogen-bond donors (Lipinski definition) is 0. The first kappa shape index (κ1) is 10.6. The Morgan fingerprint density at radius 1 is 1.20 bits per heavy atom. The highest BCUT2D eigenvalue weighted by atomic mass is 19.1. The summed E-state index contributed by atoms with van der Waals surface area (Å²) in [5.41, 5.74) is 2.18. The summed E-state index contributed by atoms with van der Waals surface area (Å²) in [5, 5.41) is 0. The molecule has 0 N–H and O–H groups in total. The van der Waals surface area contributed by atoms with E-state index in [9.17, 15) is 4.39 Å². The maximum atomic E-state index is 13.1. The zero-order valence-electron chi connectivity index (χ0n) is 9.67. The fourth-order valence-electron chi connectivity index (χ4n) is 2.16. The number of hydrogen-bond acceptors (Lipinski definition) is 1. The maximum absolute atomic E-state index is 13.1. The molecule has 15 heavy (non-hydrogen) atoms. The van der Waals surface area contributed by atoms with E-state index in [-0.39, 0.29) is 23.4 Å². The summed E-state index contributed by atoms with van der Waals surface area (Å²) < 4.78 is 19.0. The molecule has 0 saturated carbocycles. The minimum atomic E-state index is -0.182. The lowest BCUT2D eigenvalue weighted by Gasteiger charge is -2.27. The van der Waals surface area contributed by atoms with Crippen molar-refractivity contribution in [3.05, 3.63) is 35.1 Å². The summed E-state index contributed by atoms with van der Waals surface area (Å²) in [6, 6.07) is 4.95. The van der Waals surface area contributed by atoms with E-state index in [0.29, 0.717) is 0 Å². The lowest BCUT2D eigenvalue weighted by Crippen LogP contribution is -2.17. The predicted octanol–water partition coefficient (Wildman–Crippen LogP) is 4.00. The monoisotopic (exact) mass is 208 g/mol. The van der Waals surface area contributed by atoms with Crippen LogP contribution in [0.5, 0.6) is 0 Å². The molecule has 0 radical (unpaired) electrons. The van der Waals surface area contributed by atoms with E-state index >= 15 is 0 Å². The molecule has 0 fully saturated rings. The second-order valence-electron chi connectivity index (χ2n) is 5.30. The van der Waals surface area contributed by atoms with Gasteiger partial charge in [0.15, 0.2) is 0 Å². The van der Waals surface area contributed by atoms with Crippen LogP contribution in [0.25, 0.3) is 0 Å². The van der Waals surface area contributed by atoms with Crippen molar-refractivity contribution in [2.75, 3.05) is 0 Å². The third-order valence-electron chi connectivity index (χ3n) is 2.90. The third-order valence-corrected chi connectivity index (χ3v) is 2.90. The highest BCUT2D eigenvalue weighted by Gasteiger charge is 2.36.